The van der Waals surface area contributed by atoms with Gasteiger partial charge in [-0.3, -0.25) is 9.59 Å². The first kappa shape index (κ1) is 21.9. The number of methoxy groups -OCH3 is 1. The molecule has 0 aromatic heterocycles. The Morgan fingerprint density at radius 2 is 1.76 bits per heavy atom. The predicted octanol–water partition coefficient (Wildman–Crippen LogP) is 3.64. The predicted molar refractivity (Wildman–Crippen MR) is 111 cm³/mol. The van der Waals surface area contributed by atoms with Crippen LogP contribution in [-0.4, -0.2) is 37.5 Å². The van der Waals surface area contributed by atoms with Crippen molar-refractivity contribution < 1.29 is 23.9 Å². The number of benzene rings is 2. The van der Waals surface area contributed by atoms with Gasteiger partial charge in [0.2, 0.25) is 11.8 Å². The number of hydrogen-bond acceptors (Lipinski definition) is 5. The Morgan fingerprint density at radius 1 is 1.07 bits per heavy atom. The van der Waals surface area contributed by atoms with Crippen LogP contribution < -0.4 is 15.0 Å². The molecule has 0 spiro atoms. The van der Waals surface area contributed by atoms with Gasteiger partial charge in [0.05, 0.1) is 18.8 Å². The fourth-order valence-electron chi connectivity index (χ4n) is 2.72. The molecule has 0 fully saturated rings. The van der Waals surface area contributed by atoms with Crippen LogP contribution in [0.3, 0.4) is 0 Å². The van der Waals surface area contributed by atoms with Gasteiger partial charge >= 0.3 is 5.97 Å². The molecule has 0 aliphatic heterocycles. The van der Waals surface area contributed by atoms with Gasteiger partial charge in [-0.25, -0.2) is 4.79 Å². The zero-order valence-electron chi connectivity index (χ0n) is 17.1. The van der Waals surface area contributed by atoms with E-state index >= 15 is 0 Å². The smallest absolute Gasteiger partial charge is 0.337 e. The van der Waals surface area contributed by atoms with Crippen molar-refractivity contribution in [2.24, 2.45) is 0 Å². The van der Waals surface area contributed by atoms with E-state index in [1.807, 2.05) is 13.8 Å². The second-order valence-electron chi connectivity index (χ2n) is 6.70. The SMILES string of the molecule is COC(=O)c1cccc(NC(=O)CCN(C(C)=O)c2ccc(OC(C)C)cc2)c1. The lowest BCUT2D eigenvalue weighted by Crippen LogP contribution is -2.31. The molecule has 0 heterocycles. The topological polar surface area (TPSA) is 84.9 Å². The Balaban J connectivity index is 1.99. The minimum atomic E-state index is -0.478. The van der Waals surface area contributed by atoms with Crippen LogP contribution in [0.25, 0.3) is 0 Å². The summed E-state index contributed by atoms with van der Waals surface area (Å²) < 4.78 is 10.3. The van der Waals surface area contributed by atoms with Crippen LogP contribution in [0.4, 0.5) is 11.4 Å². The molecule has 0 unspecified atom stereocenters. The highest BCUT2D eigenvalue weighted by atomic mass is 16.5. The van der Waals surface area contributed by atoms with Gasteiger partial charge in [-0.1, -0.05) is 6.07 Å². The first-order chi connectivity index (χ1) is 13.8. The Kier molecular flexibility index (Phi) is 7.77. The third-order valence-corrected chi connectivity index (χ3v) is 4.03. The summed E-state index contributed by atoms with van der Waals surface area (Å²) in [5.74, 6) is -0.190. The highest BCUT2D eigenvalue weighted by Gasteiger charge is 2.14. The molecule has 0 bridgehead atoms. The molecule has 2 aromatic carbocycles. The number of anilines is 2. The number of rotatable bonds is 8. The summed E-state index contributed by atoms with van der Waals surface area (Å²) in [5.41, 5.74) is 1.52. The van der Waals surface area contributed by atoms with Gasteiger partial charge in [-0.2, -0.15) is 0 Å². The lowest BCUT2D eigenvalue weighted by Gasteiger charge is -2.21. The van der Waals surface area contributed by atoms with Crippen molar-refractivity contribution >= 4 is 29.2 Å². The van der Waals surface area contributed by atoms with Crippen LogP contribution >= 0.6 is 0 Å². The maximum absolute atomic E-state index is 12.3. The summed E-state index contributed by atoms with van der Waals surface area (Å²) in [5, 5.41) is 2.73. The van der Waals surface area contributed by atoms with Gasteiger partial charge in [-0.15, -0.1) is 0 Å². The van der Waals surface area contributed by atoms with E-state index in [4.69, 9.17) is 4.74 Å². The van der Waals surface area contributed by atoms with Crippen molar-refractivity contribution in [2.75, 3.05) is 23.9 Å². The summed E-state index contributed by atoms with van der Waals surface area (Å²) in [7, 11) is 1.30. The van der Waals surface area contributed by atoms with E-state index in [2.05, 4.69) is 10.1 Å². The highest BCUT2D eigenvalue weighted by Crippen LogP contribution is 2.21. The second-order valence-corrected chi connectivity index (χ2v) is 6.70. The quantitative estimate of drug-likeness (QED) is 0.686. The van der Waals surface area contributed by atoms with E-state index < -0.39 is 5.97 Å². The number of hydrogen-bond donors (Lipinski definition) is 1. The van der Waals surface area contributed by atoms with Crippen LogP contribution in [0.2, 0.25) is 0 Å². The van der Waals surface area contributed by atoms with Gasteiger partial charge < -0.3 is 19.7 Å². The number of nitrogens with one attached hydrogen (secondary N) is 1. The third kappa shape index (κ3) is 6.64. The first-order valence-electron chi connectivity index (χ1n) is 9.33. The summed E-state index contributed by atoms with van der Waals surface area (Å²) >= 11 is 0. The molecule has 2 amide bonds. The lowest BCUT2D eigenvalue weighted by atomic mass is 10.2. The molecular formula is C22H26N2O5. The number of carbonyl (C=O) groups excluding carboxylic acids is 3. The largest absolute Gasteiger partial charge is 0.491 e. The van der Waals surface area contributed by atoms with E-state index in [0.29, 0.717) is 16.9 Å². The van der Waals surface area contributed by atoms with Gasteiger partial charge in [0, 0.05) is 31.3 Å². The Morgan fingerprint density at radius 3 is 2.34 bits per heavy atom. The molecular weight excluding hydrogens is 372 g/mol. The number of ether oxygens (including phenoxy) is 2. The molecule has 2 aromatic rings. The lowest BCUT2D eigenvalue weighted by molar-refractivity contribution is -0.117. The molecule has 2 rings (SSSR count). The van der Waals surface area contributed by atoms with E-state index in [1.165, 1.54) is 18.9 Å². The van der Waals surface area contributed by atoms with Crippen LogP contribution in [0.5, 0.6) is 5.75 Å². The number of nitrogens with zero attached hydrogens (tertiary/aromatic N) is 1. The Hall–Kier alpha value is -3.35. The molecule has 29 heavy (non-hydrogen) atoms. The zero-order chi connectivity index (χ0) is 21.4. The van der Waals surface area contributed by atoms with Crippen molar-refractivity contribution in [3.8, 4) is 5.75 Å². The number of amides is 2. The van der Waals surface area contributed by atoms with Crippen LogP contribution in [0, 0.1) is 0 Å². The highest BCUT2D eigenvalue weighted by molar-refractivity contribution is 5.96. The molecule has 0 aliphatic rings. The molecule has 0 saturated heterocycles. The molecule has 154 valence electrons. The summed E-state index contributed by atoms with van der Waals surface area (Å²) in [4.78, 5) is 37.5. The molecule has 0 saturated carbocycles. The number of carbonyl (C=O) groups is 3. The van der Waals surface area contributed by atoms with Crippen molar-refractivity contribution in [2.45, 2.75) is 33.3 Å². The van der Waals surface area contributed by atoms with Crippen LogP contribution in [0.1, 0.15) is 37.6 Å². The van der Waals surface area contributed by atoms with Crippen molar-refractivity contribution in [3.05, 3.63) is 54.1 Å². The number of esters is 1. The molecule has 0 radical (unpaired) electrons. The van der Waals surface area contributed by atoms with Gasteiger partial charge in [0.15, 0.2) is 0 Å². The standard InChI is InChI=1S/C22H26N2O5/c1-15(2)29-20-10-8-19(9-11-20)24(16(3)25)13-12-21(26)23-18-7-5-6-17(14-18)22(27)28-4/h5-11,14-15H,12-13H2,1-4H3,(H,23,26). The van der Waals surface area contributed by atoms with E-state index in [-0.39, 0.29) is 30.9 Å². The zero-order valence-corrected chi connectivity index (χ0v) is 17.1. The maximum atomic E-state index is 12.3. The van der Waals surface area contributed by atoms with Crippen molar-refractivity contribution in [1.82, 2.24) is 0 Å². The van der Waals surface area contributed by atoms with Crippen LogP contribution in [0.15, 0.2) is 48.5 Å². The van der Waals surface area contributed by atoms with E-state index in [0.717, 1.165) is 5.75 Å². The minimum absolute atomic E-state index is 0.0612. The third-order valence-electron chi connectivity index (χ3n) is 4.03. The molecule has 1 N–H and O–H groups in total. The van der Waals surface area contributed by atoms with Crippen molar-refractivity contribution in [3.63, 3.8) is 0 Å². The molecule has 7 heteroatoms. The molecule has 7 nitrogen and oxygen atoms in total. The summed E-state index contributed by atoms with van der Waals surface area (Å²) in [6.45, 7) is 5.56. The van der Waals surface area contributed by atoms with E-state index in [9.17, 15) is 14.4 Å². The fourth-order valence-corrected chi connectivity index (χ4v) is 2.72. The average Bonchev–Trinajstić information content (AvgIpc) is 2.68. The average molecular weight is 398 g/mol. The molecule has 0 aliphatic carbocycles. The summed E-state index contributed by atoms with van der Waals surface area (Å²) in [6.07, 6.45) is 0.165. The van der Waals surface area contributed by atoms with Gasteiger partial charge in [-0.05, 0) is 56.3 Å². The van der Waals surface area contributed by atoms with Gasteiger partial charge in [0.25, 0.3) is 0 Å². The molecule has 0 atom stereocenters. The summed E-state index contributed by atoms with van der Waals surface area (Å²) in [6, 6.07) is 13.7. The van der Waals surface area contributed by atoms with Crippen LogP contribution in [-0.2, 0) is 14.3 Å². The minimum Gasteiger partial charge on any atom is -0.491 e. The van der Waals surface area contributed by atoms with Gasteiger partial charge in [0.1, 0.15) is 5.75 Å². The van der Waals surface area contributed by atoms with E-state index in [1.54, 1.807) is 48.5 Å². The fraction of sp³-hybridized carbons (Fsp3) is 0.318. The second kappa shape index (κ2) is 10.3. The first-order valence-corrected chi connectivity index (χ1v) is 9.33. The maximum Gasteiger partial charge on any atom is 0.337 e. The Labute approximate surface area is 170 Å². The van der Waals surface area contributed by atoms with Crippen molar-refractivity contribution in [1.29, 1.82) is 0 Å². The Bertz CT molecular complexity index is 862. The monoisotopic (exact) mass is 398 g/mol. The normalized spacial score (nSPS) is 10.4.